The summed E-state index contributed by atoms with van der Waals surface area (Å²) in [4.78, 5) is 17.0. The number of hydrogen-bond donors (Lipinski definition) is 2. The molecule has 0 bridgehead atoms. The third-order valence-corrected chi connectivity index (χ3v) is 5.32. The number of hydrogen-bond acceptors (Lipinski definition) is 6. The van der Waals surface area contributed by atoms with Gasteiger partial charge in [-0.1, -0.05) is 12.8 Å². The molecule has 24 heavy (non-hydrogen) atoms. The molecule has 2 heterocycles. The summed E-state index contributed by atoms with van der Waals surface area (Å²) in [6.45, 7) is 3.69. The maximum atomic E-state index is 10.9. The van der Waals surface area contributed by atoms with Crippen molar-refractivity contribution in [3.8, 4) is 0 Å². The van der Waals surface area contributed by atoms with Gasteiger partial charge in [-0.3, -0.25) is 15.0 Å². The van der Waals surface area contributed by atoms with Gasteiger partial charge >= 0.3 is 0 Å². The van der Waals surface area contributed by atoms with E-state index < -0.39 is 4.92 Å². The second-order valence-electron chi connectivity index (χ2n) is 6.99. The van der Waals surface area contributed by atoms with Crippen LogP contribution in [0.2, 0.25) is 0 Å². The monoisotopic (exact) mass is 334 g/mol. The first kappa shape index (κ1) is 17.1. The van der Waals surface area contributed by atoms with Crippen LogP contribution in [0.4, 0.5) is 11.5 Å². The van der Waals surface area contributed by atoms with Crippen LogP contribution in [0.25, 0.3) is 0 Å². The molecule has 0 aromatic carbocycles. The number of nitro groups is 1. The lowest BCUT2D eigenvalue weighted by molar-refractivity contribution is -0.385. The number of aliphatic hydroxyl groups excluding tert-OH is 1. The number of aromatic nitrogens is 1. The molecule has 2 aliphatic rings. The minimum Gasteiger partial charge on any atom is -0.391 e. The molecule has 2 unspecified atom stereocenters. The van der Waals surface area contributed by atoms with E-state index in [0.717, 1.165) is 45.2 Å². The van der Waals surface area contributed by atoms with E-state index >= 15 is 0 Å². The molecule has 1 aliphatic carbocycles. The molecule has 2 N–H and O–H groups in total. The second kappa shape index (κ2) is 7.44. The van der Waals surface area contributed by atoms with Crippen LogP contribution in [-0.2, 0) is 0 Å². The van der Waals surface area contributed by atoms with Crippen LogP contribution in [0.3, 0.4) is 0 Å². The largest absolute Gasteiger partial charge is 0.391 e. The van der Waals surface area contributed by atoms with Gasteiger partial charge in [-0.25, -0.2) is 4.98 Å². The zero-order valence-electron chi connectivity index (χ0n) is 14.1. The smallest absolute Gasteiger partial charge is 0.290 e. The van der Waals surface area contributed by atoms with Crippen LogP contribution in [0, 0.1) is 17.0 Å². The number of likely N-dealkylation sites (tertiary alicyclic amines) is 1. The predicted octanol–water partition coefficient (Wildman–Crippen LogP) is 2.48. The van der Waals surface area contributed by atoms with Gasteiger partial charge in [0, 0.05) is 30.7 Å². The Morgan fingerprint density at radius 1 is 1.29 bits per heavy atom. The molecule has 3 rings (SSSR count). The van der Waals surface area contributed by atoms with Gasteiger partial charge in [-0.05, 0) is 38.7 Å². The van der Waals surface area contributed by atoms with Crippen molar-refractivity contribution in [2.45, 2.75) is 63.6 Å². The lowest BCUT2D eigenvalue weighted by atomic mass is 9.89. The summed E-state index contributed by atoms with van der Waals surface area (Å²) in [5.74, 6) is 0.703. The lowest BCUT2D eigenvalue weighted by Gasteiger charge is -2.41. The van der Waals surface area contributed by atoms with Crippen molar-refractivity contribution in [2.75, 3.05) is 18.4 Å². The summed E-state index contributed by atoms with van der Waals surface area (Å²) < 4.78 is 0. The molecule has 1 aliphatic heterocycles. The Balaban J connectivity index is 1.54. The Bertz CT molecular complexity index is 587. The molecule has 0 radical (unpaired) electrons. The van der Waals surface area contributed by atoms with Crippen LogP contribution in [0.1, 0.15) is 44.1 Å². The number of aryl methyl sites for hydroxylation is 1. The summed E-state index contributed by atoms with van der Waals surface area (Å²) in [6, 6.07) is 2.39. The maximum absolute atomic E-state index is 10.9. The summed E-state index contributed by atoms with van der Waals surface area (Å²) in [6.07, 6.45) is 7.53. The highest BCUT2D eigenvalue weighted by atomic mass is 16.6. The molecule has 2 fully saturated rings. The van der Waals surface area contributed by atoms with Crippen molar-refractivity contribution < 1.29 is 10.0 Å². The van der Waals surface area contributed by atoms with E-state index in [1.807, 2.05) is 0 Å². The Morgan fingerprint density at radius 3 is 2.62 bits per heavy atom. The highest BCUT2D eigenvalue weighted by molar-refractivity contribution is 5.47. The fourth-order valence-electron chi connectivity index (χ4n) is 3.92. The second-order valence-corrected chi connectivity index (χ2v) is 6.99. The van der Waals surface area contributed by atoms with Crippen LogP contribution in [0.15, 0.2) is 12.3 Å². The first-order valence-corrected chi connectivity index (χ1v) is 8.84. The molecular weight excluding hydrogens is 308 g/mol. The van der Waals surface area contributed by atoms with Crippen molar-refractivity contribution >= 4 is 11.5 Å². The number of pyridine rings is 1. The molecule has 0 spiro atoms. The SMILES string of the molecule is Cc1cc(NC2CCN(C3CCCCC3O)CC2)ncc1[N+](=O)[O-]. The number of nitrogens with one attached hydrogen (secondary N) is 1. The van der Waals surface area contributed by atoms with Crippen molar-refractivity contribution in [2.24, 2.45) is 0 Å². The predicted molar refractivity (Wildman–Crippen MR) is 92.1 cm³/mol. The average molecular weight is 334 g/mol. The van der Waals surface area contributed by atoms with Crippen molar-refractivity contribution in [1.82, 2.24) is 9.88 Å². The number of anilines is 1. The van der Waals surface area contributed by atoms with Crippen LogP contribution in [-0.4, -0.2) is 51.2 Å². The molecule has 1 saturated carbocycles. The molecule has 7 nitrogen and oxygen atoms in total. The molecule has 1 aromatic rings. The van der Waals surface area contributed by atoms with E-state index in [4.69, 9.17) is 0 Å². The van der Waals surface area contributed by atoms with Gasteiger partial charge in [0.05, 0.1) is 11.0 Å². The van der Waals surface area contributed by atoms with E-state index in [-0.39, 0.29) is 11.8 Å². The third-order valence-electron chi connectivity index (χ3n) is 5.32. The van der Waals surface area contributed by atoms with Crippen molar-refractivity contribution in [3.63, 3.8) is 0 Å². The Hall–Kier alpha value is -1.73. The Labute approximate surface area is 142 Å². The summed E-state index contributed by atoms with van der Waals surface area (Å²) in [5.41, 5.74) is 0.682. The zero-order valence-corrected chi connectivity index (χ0v) is 14.1. The molecule has 1 aromatic heterocycles. The molecule has 1 saturated heterocycles. The summed E-state index contributed by atoms with van der Waals surface area (Å²) in [7, 11) is 0. The Kier molecular flexibility index (Phi) is 5.30. The standard InChI is InChI=1S/C17H26N4O3/c1-12-10-17(18-11-15(12)21(23)24)19-13-6-8-20(9-7-13)14-4-2-3-5-16(14)22/h10-11,13-14,16,22H,2-9H2,1H3,(H,18,19). The molecular formula is C17H26N4O3. The van der Waals surface area contributed by atoms with E-state index in [1.54, 1.807) is 13.0 Å². The summed E-state index contributed by atoms with van der Waals surface area (Å²) >= 11 is 0. The first-order valence-electron chi connectivity index (χ1n) is 8.84. The summed E-state index contributed by atoms with van der Waals surface area (Å²) in [5, 5.41) is 24.5. The van der Waals surface area contributed by atoms with Gasteiger partial charge in [0.25, 0.3) is 5.69 Å². The first-order chi connectivity index (χ1) is 11.5. The van der Waals surface area contributed by atoms with Crippen molar-refractivity contribution in [1.29, 1.82) is 0 Å². The molecule has 2 atom stereocenters. The number of rotatable bonds is 4. The van der Waals surface area contributed by atoms with Crippen molar-refractivity contribution in [3.05, 3.63) is 27.9 Å². The Morgan fingerprint density at radius 2 is 2.00 bits per heavy atom. The fraction of sp³-hybridized carbons (Fsp3) is 0.706. The number of piperidine rings is 1. The van der Waals surface area contributed by atoms with Gasteiger partial charge < -0.3 is 10.4 Å². The van der Waals surface area contributed by atoms with Crippen LogP contribution >= 0.6 is 0 Å². The van der Waals surface area contributed by atoms with Gasteiger partial charge in [-0.15, -0.1) is 0 Å². The van der Waals surface area contributed by atoms with E-state index in [2.05, 4.69) is 15.2 Å². The van der Waals surface area contributed by atoms with E-state index in [9.17, 15) is 15.2 Å². The van der Waals surface area contributed by atoms with Gasteiger partial charge in [-0.2, -0.15) is 0 Å². The van der Waals surface area contributed by atoms with E-state index in [1.165, 1.54) is 12.6 Å². The van der Waals surface area contributed by atoms with Gasteiger partial charge in [0.15, 0.2) is 0 Å². The minimum absolute atomic E-state index is 0.0571. The quantitative estimate of drug-likeness (QED) is 0.649. The van der Waals surface area contributed by atoms with Gasteiger partial charge in [0.2, 0.25) is 0 Å². The third kappa shape index (κ3) is 3.84. The zero-order chi connectivity index (χ0) is 17.1. The highest BCUT2D eigenvalue weighted by Gasteiger charge is 2.31. The topological polar surface area (TPSA) is 91.5 Å². The fourth-order valence-corrected chi connectivity index (χ4v) is 3.92. The lowest BCUT2D eigenvalue weighted by Crippen LogP contribution is -2.50. The van der Waals surface area contributed by atoms with Gasteiger partial charge in [0.1, 0.15) is 12.0 Å². The van der Waals surface area contributed by atoms with Crippen LogP contribution < -0.4 is 5.32 Å². The molecule has 7 heteroatoms. The average Bonchev–Trinajstić information content (AvgIpc) is 2.56. The molecule has 132 valence electrons. The highest BCUT2D eigenvalue weighted by Crippen LogP contribution is 2.27. The minimum atomic E-state index is -0.403. The van der Waals surface area contributed by atoms with E-state index in [0.29, 0.717) is 23.5 Å². The molecule has 0 amide bonds. The number of aliphatic hydroxyl groups is 1. The maximum Gasteiger partial charge on any atom is 0.290 e. The normalized spacial score (nSPS) is 26.2. The number of nitrogens with zero attached hydrogens (tertiary/aromatic N) is 3. The van der Waals surface area contributed by atoms with Crippen LogP contribution in [0.5, 0.6) is 0 Å².